The Morgan fingerprint density at radius 2 is 1.61 bits per heavy atom. The summed E-state index contributed by atoms with van der Waals surface area (Å²) in [5.41, 5.74) is 2.05. The van der Waals surface area contributed by atoms with E-state index in [-0.39, 0.29) is 29.7 Å². The van der Waals surface area contributed by atoms with Crippen molar-refractivity contribution in [3.63, 3.8) is 0 Å². The summed E-state index contributed by atoms with van der Waals surface area (Å²) < 4.78 is 5.38. The standard InChI is InChI=1S/C28H47N3O4S/c1-17(2)11-13-21(7)31(26(33)23(16-36)30-27(34)35-28(8,9)10)24(25(32)29-18(3)4)22-14-12-19(5)15-20(22)6/h12,14-15,17-18,21,23-24,36H,11,13,16H2,1-10H3,(H,29,32)(H,30,34). The van der Waals surface area contributed by atoms with Crippen LogP contribution in [0, 0.1) is 19.8 Å². The zero-order chi connectivity index (χ0) is 27.8. The molecule has 2 N–H and O–H groups in total. The number of nitrogens with zero attached hydrogens (tertiary/aromatic N) is 1. The first-order chi connectivity index (χ1) is 16.6. The molecule has 0 heterocycles. The highest BCUT2D eigenvalue weighted by Crippen LogP contribution is 2.30. The average Bonchev–Trinajstić information content (AvgIpc) is 2.72. The van der Waals surface area contributed by atoms with Gasteiger partial charge in [0, 0.05) is 17.8 Å². The van der Waals surface area contributed by atoms with Crippen molar-refractivity contribution in [2.75, 3.05) is 5.75 Å². The third-order valence-corrected chi connectivity index (χ3v) is 6.11. The van der Waals surface area contributed by atoms with Crippen molar-refractivity contribution in [1.29, 1.82) is 0 Å². The lowest BCUT2D eigenvalue weighted by atomic mass is 9.93. The Kier molecular flexibility index (Phi) is 12.3. The molecule has 3 unspecified atom stereocenters. The van der Waals surface area contributed by atoms with Crippen molar-refractivity contribution < 1.29 is 19.1 Å². The van der Waals surface area contributed by atoms with Crippen LogP contribution < -0.4 is 10.6 Å². The van der Waals surface area contributed by atoms with Crippen LogP contribution in [0.15, 0.2) is 18.2 Å². The third kappa shape index (κ3) is 10.0. The summed E-state index contributed by atoms with van der Waals surface area (Å²) in [5, 5.41) is 5.68. The van der Waals surface area contributed by atoms with Crippen molar-refractivity contribution in [3.8, 4) is 0 Å². The fraction of sp³-hybridized carbons (Fsp3) is 0.679. The fourth-order valence-electron chi connectivity index (χ4n) is 4.04. The molecule has 0 spiro atoms. The Bertz CT molecular complexity index is 895. The first-order valence-electron chi connectivity index (χ1n) is 12.9. The molecular weight excluding hydrogens is 474 g/mol. The summed E-state index contributed by atoms with van der Waals surface area (Å²) in [7, 11) is 0. The van der Waals surface area contributed by atoms with Crippen LogP contribution in [0.25, 0.3) is 0 Å². The van der Waals surface area contributed by atoms with Gasteiger partial charge in [-0.05, 0) is 85.3 Å². The van der Waals surface area contributed by atoms with Gasteiger partial charge in [-0.1, -0.05) is 37.6 Å². The Hall–Kier alpha value is -2.22. The van der Waals surface area contributed by atoms with Gasteiger partial charge in [-0.25, -0.2) is 4.79 Å². The lowest BCUT2D eigenvalue weighted by Crippen LogP contribution is -2.56. The number of carbonyl (C=O) groups is 3. The molecule has 0 radical (unpaired) electrons. The highest BCUT2D eigenvalue weighted by molar-refractivity contribution is 7.80. The van der Waals surface area contributed by atoms with Gasteiger partial charge in [-0.2, -0.15) is 12.6 Å². The Morgan fingerprint density at radius 3 is 2.08 bits per heavy atom. The van der Waals surface area contributed by atoms with Gasteiger partial charge in [0.15, 0.2) is 0 Å². The molecule has 0 aliphatic heterocycles. The molecular formula is C28H47N3O4S. The Morgan fingerprint density at radius 1 is 1.00 bits per heavy atom. The molecule has 7 nitrogen and oxygen atoms in total. The smallest absolute Gasteiger partial charge is 0.408 e. The largest absolute Gasteiger partial charge is 0.444 e. The van der Waals surface area contributed by atoms with E-state index in [9.17, 15) is 14.4 Å². The second kappa shape index (κ2) is 13.9. The summed E-state index contributed by atoms with van der Waals surface area (Å²) in [6.45, 7) is 19.2. The SMILES string of the molecule is Cc1ccc(C(C(=O)NC(C)C)N(C(=O)C(CS)NC(=O)OC(C)(C)C)C(C)CCC(C)C)c(C)c1. The summed E-state index contributed by atoms with van der Waals surface area (Å²) in [4.78, 5) is 41.9. The van der Waals surface area contributed by atoms with Gasteiger partial charge >= 0.3 is 6.09 Å². The zero-order valence-corrected chi connectivity index (χ0v) is 24.7. The van der Waals surface area contributed by atoms with Gasteiger partial charge in [0.1, 0.15) is 17.7 Å². The van der Waals surface area contributed by atoms with E-state index >= 15 is 0 Å². The minimum atomic E-state index is -0.954. The molecule has 0 fully saturated rings. The van der Waals surface area contributed by atoms with Gasteiger partial charge in [0.05, 0.1) is 0 Å². The van der Waals surface area contributed by atoms with Crippen LogP contribution in [-0.4, -0.2) is 52.3 Å². The van der Waals surface area contributed by atoms with Crippen molar-refractivity contribution in [1.82, 2.24) is 15.5 Å². The van der Waals surface area contributed by atoms with Gasteiger partial charge in [0.2, 0.25) is 11.8 Å². The van der Waals surface area contributed by atoms with Gasteiger partial charge < -0.3 is 20.3 Å². The third-order valence-electron chi connectivity index (χ3n) is 5.74. The number of benzene rings is 1. The van der Waals surface area contributed by atoms with Crippen LogP contribution in [-0.2, 0) is 14.3 Å². The maximum Gasteiger partial charge on any atom is 0.408 e. The van der Waals surface area contributed by atoms with E-state index in [1.807, 2.05) is 52.8 Å². The highest BCUT2D eigenvalue weighted by Gasteiger charge is 2.39. The Labute approximate surface area is 223 Å². The fourth-order valence-corrected chi connectivity index (χ4v) is 4.29. The number of thiol groups is 1. The molecule has 1 rings (SSSR count). The van der Waals surface area contributed by atoms with Crippen LogP contribution in [0.4, 0.5) is 4.79 Å². The molecule has 1 aromatic carbocycles. The van der Waals surface area contributed by atoms with Crippen LogP contribution in [0.5, 0.6) is 0 Å². The molecule has 36 heavy (non-hydrogen) atoms. The number of ether oxygens (including phenoxy) is 1. The van der Waals surface area contributed by atoms with Crippen LogP contribution >= 0.6 is 12.6 Å². The van der Waals surface area contributed by atoms with Gasteiger partial charge in [-0.15, -0.1) is 0 Å². The molecule has 8 heteroatoms. The molecule has 3 amide bonds. The molecule has 0 bridgehead atoms. The van der Waals surface area contributed by atoms with E-state index in [1.165, 1.54) is 0 Å². The molecule has 0 saturated heterocycles. The molecule has 3 atom stereocenters. The predicted octanol–water partition coefficient (Wildman–Crippen LogP) is 5.35. The summed E-state index contributed by atoms with van der Waals surface area (Å²) >= 11 is 4.37. The zero-order valence-electron chi connectivity index (χ0n) is 23.8. The number of nitrogens with one attached hydrogen (secondary N) is 2. The maximum atomic E-state index is 14.1. The molecule has 0 aliphatic rings. The molecule has 0 saturated carbocycles. The molecule has 0 aromatic heterocycles. The van der Waals surface area contributed by atoms with Gasteiger partial charge in [0.25, 0.3) is 0 Å². The van der Waals surface area contributed by atoms with Crippen LogP contribution in [0.1, 0.15) is 91.0 Å². The number of carbonyl (C=O) groups excluding carboxylic acids is 3. The Balaban J connectivity index is 3.58. The number of aryl methyl sites for hydroxylation is 2. The average molecular weight is 522 g/mol. The predicted molar refractivity (Wildman–Crippen MR) is 149 cm³/mol. The van der Waals surface area contributed by atoms with E-state index < -0.39 is 23.8 Å². The number of alkyl carbamates (subject to hydrolysis) is 1. The quantitative estimate of drug-likeness (QED) is 0.343. The van der Waals surface area contributed by atoms with E-state index in [1.54, 1.807) is 25.7 Å². The van der Waals surface area contributed by atoms with E-state index in [0.717, 1.165) is 23.1 Å². The first-order valence-corrected chi connectivity index (χ1v) is 13.5. The number of hydrogen-bond donors (Lipinski definition) is 3. The lowest BCUT2D eigenvalue weighted by Gasteiger charge is -2.39. The highest BCUT2D eigenvalue weighted by atomic mass is 32.1. The van der Waals surface area contributed by atoms with E-state index in [4.69, 9.17) is 4.74 Å². The first kappa shape index (κ1) is 31.8. The number of hydrogen-bond acceptors (Lipinski definition) is 5. The van der Waals surface area contributed by atoms with Crippen molar-refractivity contribution >= 4 is 30.5 Å². The van der Waals surface area contributed by atoms with Crippen molar-refractivity contribution in [2.45, 2.75) is 112 Å². The second-order valence-electron chi connectivity index (χ2n) is 11.4. The topological polar surface area (TPSA) is 87.7 Å². The number of rotatable bonds is 11. The van der Waals surface area contributed by atoms with Crippen LogP contribution in [0.3, 0.4) is 0 Å². The summed E-state index contributed by atoms with van der Waals surface area (Å²) in [5.74, 6) is -0.112. The number of amides is 3. The second-order valence-corrected chi connectivity index (χ2v) is 11.7. The monoisotopic (exact) mass is 521 g/mol. The van der Waals surface area contributed by atoms with Crippen molar-refractivity contribution in [2.24, 2.45) is 5.92 Å². The van der Waals surface area contributed by atoms with E-state index in [2.05, 4.69) is 37.1 Å². The molecule has 0 aliphatic carbocycles. The normalized spacial score (nSPS) is 14.2. The van der Waals surface area contributed by atoms with E-state index in [0.29, 0.717) is 12.3 Å². The van der Waals surface area contributed by atoms with Crippen LogP contribution in [0.2, 0.25) is 0 Å². The minimum absolute atomic E-state index is 0.0663. The molecule has 204 valence electrons. The lowest BCUT2D eigenvalue weighted by molar-refractivity contribution is -0.145. The minimum Gasteiger partial charge on any atom is -0.444 e. The van der Waals surface area contributed by atoms with Gasteiger partial charge in [-0.3, -0.25) is 9.59 Å². The summed E-state index contributed by atoms with van der Waals surface area (Å²) in [6, 6.07) is 3.72. The summed E-state index contributed by atoms with van der Waals surface area (Å²) in [6.07, 6.45) is 0.909. The molecule has 1 aromatic rings. The maximum absolute atomic E-state index is 14.1. The van der Waals surface area contributed by atoms with Crippen molar-refractivity contribution in [3.05, 3.63) is 34.9 Å².